The second kappa shape index (κ2) is 5.66. The molecule has 2 amide bonds. The average Bonchev–Trinajstić information content (AvgIpc) is 2.93. The number of carbonyl (C=O) groups excluding carboxylic acids is 1. The number of piperidine rings is 1. The van der Waals surface area contributed by atoms with Crippen molar-refractivity contribution in [3.8, 4) is 0 Å². The van der Waals surface area contributed by atoms with E-state index in [9.17, 15) is 18.0 Å². The zero-order valence-corrected chi connectivity index (χ0v) is 11.9. The molecule has 1 aromatic rings. The van der Waals surface area contributed by atoms with Crippen LogP contribution in [0.5, 0.6) is 0 Å². The predicted octanol–water partition coefficient (Wildman–Crippen LogP) is 2.09. The lowest BCUT2D eigenvalue weighted by molar-refractivity contribution is -0.137. The van der Waals surface area contributed by atoms with Crippen molar-refractivity contribution in [1.29, 1.82) is 0 Å². The van der Waals surface area contributed by atoms with E-state index in [1.54, 1.807) is 9.80 Å². The Bertz CT molecular complexity index is 563. The Hall–Kier alpha value is -1.99. The summed E-state index contributed by atoms with van der Waals surface area (Å²) in [5, 5.41) is 2.73. The number of carbonyl (C=O) groups is 1. The largest absolute Gasteiger partial charge is 0.419 e. The van der Waals surface area contributed by atoms with Crippen molar-refractivity contribution in [1.82, 2.24) is 15.2 Å². The van der Waals surface area contributed by atoms with Crippen molar-refractivity contribution in [2.45, 2.75) is 25.1 Å². The van der Waals surface area contributed by atoms with E-state index in [-0.39, 0.29) is 17.9 Å². The first-order valence-corrected chi connectivity index (χ1v) is 7.28. The van der Waals surface area contributed by atoms with E-state index in [0.717, 1.165) is 18.9 Å². The van der Waals surface area contributed by atoms with Crippen molar-refractivity contribution in [3.63, 3.8) is 0 Å². The molecule has 22 heavy (non-hydrogen) atoms. The standard InChI is InChI=1S/C14H17F3N4O/c15-14(16,17)11-4-1-5-18-12(11)20-7-2-3-10(9-20)21-8-6-19-13(21)22/h1,4-5,10H,2-3,6-9H2,(H,19,22). The van der Waals surface area contributed by atoms with Gasteiger partial charge in [-0.05, 0) is 25.0 Å². The molecule has 5 nitrogen and oxygen atoms in total. The maximum absolute atomic E-state index is 13.1. The van der Waals surface area contributed by atoms with E-state index in [4.69, 9.17) is 0 Å². The van der Waals surface area contributed by atoms with Crippen LogP contribution in [0.2, 0.25) is 0 Å². The summed E-state index contributed by atoms with van der Waals surface area (Å²) in [6, 6.07) is 2.14. The van der Waals surface area contributed by atoms with Gasteiger partial charge in [0, 0.05) is 32.4 Å². The van der Waals surface area contributed by atoms with E-state index in [1.165, 1.54) is 12.3 Å². The minimum atomic E-state index is -4.43. The Morgan fingerprint density at radius 2 is 2.14 bits per heavy atom. The number of hydrogen-bond acceptors (Lipinski definition) is 3. The molecule has 3 heterocycles. The molecule has 2 aliphatic heterocycles. The number of nitrogens with zero attached hydrogens (tertiary/aromatic N) is 3. The van der Waals surface area contributed by atoms with Crippen molar-refractivity contribution < 1.29 is 18.0 Å². The van der Waals surface area contributed by atoms with Gasteiger partial charge in [0.05, 0.1) is 11.6 Å². The van der Waals surface area contributed by atoms with Crippen molar-refractivity contribution in [2.24, 2.45) is 0 Å². The highest BCUT2D eigenvalue weighted by atomic mass is 19.4. The first-order valence-electron chi connectivity index (χ1n) is 7.28. The molecule has 1 aromatic heterocycles. The molecule has 0 spiro atoms. The predicted molar refractivity (Wildman–Crippen MR) is 74.6 cm³/mol. The highest BCUT2D eigenvalue weighted by Gasteiger charge is 2.38. The molecule has 2 aliphatic rings. The van der Waals surface area contributed by atoms with Gasteiger partial charge in [-0.3, -0.25) is 0 Å². The topological polar surface area (TPSA) is 48.5 Å². The SMILES string of the molecule is O=C1NCCN1C1CCCN(c2ncccc2C(F)(F)F)C1. The van der Waals surface area contributed by atoms with Crippen molar-refractivity contribution in [3.05, 3.63) is 23.9 Å². The van der Waals surface area contributed by atoms with Gasteiger partial charge in [-0.15, -0.1) is 0 Å². The third kappa shape index (κ3) is 2.82. The van der Waals surface area contributed by atoms with Crippen LogP contribution >= 0.6 is 0 Å². The number of halogens is 3. The highest BCUT2D eigenvalue weighted by molar-refractivity contribution is 5.76. The van der Waals surface area contributed by atoms with Crippen molar-refractivity contribution in [2.75, 3.05) is 31.1 Å². The van der Waals surface area contributed by atoms with Gasteiger partial charge in [-0.2, -0.15) is 13.2 Å². The molecule has 8 heteroatoms. The number of alkyl halides is 3. The van der Waals surface area contributed by atoms with Crippen LogP contribution in [0.25, 0.3) is 0 Å². The highest BCUT2D eigenvalue weighted by Crippen LogP contribution is 2.36. The Labute approximate surface area is 126 Å². The summed E-state index contributed by atoms with van der Waals surface area (Å²) in [5.74, 6) is -0.0423. The first kappa shape index (κ1) is 14.9. The summed E-state index contributed by atoms with van der Waals surface area (Å²) in [7, 11) is 0. The molecule has 2 saturated heterocycles. The van der Waals surface area contributed by atoms with Gasteiger partial charge < -0.3 is 15.1 Å². The number of aromatic nitrogens is 1. The average molecular weight is 314 g/mol. The minimum Gasteiger partial charge on any atom is -0.354 e. The van der Waals surface area contributed by atoms with Crippen LogP contribution in [-0.4, -0.2) is 48.1 Å². The third-order valence-electron chi connectivity index (χ3n) is 4.12. The monoisotopic (exact) mass is 314 g/mol. The summed E-state index contributed by atoms with van der Waals surface area (Å²) in [5.41, 5.74) is -0.721. The minimum absolute atomic E-state index is 0.0423. The molecule has 1 unspecified atom stereocenters. The van der Waals surface area contributed by atoms with E-state index < -0.39 is 11.7 Å². The normalized spacial score (nSPS) is 22.9. The van der Waals surface area contributed by atoms with Crippen molar-refractivity contribution >= 4 is 11.8 Å². The summed E-state index contributed by atoms with van der Waals surface area (Å²) >= 11 is 0. The number of anilines is 1. The molecular formula is C14H17F3N4O. The smallest absolute Gasteiger partial charge is 0.354 e. The molecule has 2 fully saturated rings. The summed E-state index contributed by atoms with van der Waals surface area (Å²) in [6.45, 7) is 2.10. The van der Waals surface area contributed by atoms with Gasteiger partial charge >= 0.3 is 12.2 Å². The lowest BCUT2D eigenvalue weighted by atomic mass is 10.0. The Kier molecular flexibility index (Phi) is 3.84. The fourth-order valence-corrected chi connectivity index (χ4v) is 3.11. The lowest BCUT2D eigenvalue weighted by Crippen LogP contribution is -2.49. The molecule has 0 saturated carbocycles. The summed E-state index contributed by atoms with van der Waals surface area (Å²) in [6.07, 6.45) is -1.52. The van der Waals surface area contributed by atoms with Gasteiger partial charge in [0.25, 0.3) is 0 Å². The quantitative estimate of drug-likeness (QED) is 0.909. The number of pyridine rings is 1. The number of nitrogens with one attached hydrogen (secondary N) is 1. The first-order chi connectivity index (χ1) is 10.5. The van der Waals surface area contributed by atoms with Gasteiger partial charge in [-0.25, -0.2) is 9.78 Å². The van der Waals surface area contributed by atoms with Crippen LogP contribution in [0.15, 0.2) is 18.3 Å². The van der Waals surface area contributed by atoms with E-state index in [1.807, 2.05) is 0 Å². The van der Waals surface area contributed by atoms with Crippen LogP contribution in [-0.2, 0) is 6.18 Å². The maximum atomic E-state index is 13.1. The molecule has 1 atom stereocenters. The second-order valence-corrected chi connectivity index (χ2v) is 5.54. The van der Waals surface area contributed by atoms with Crippen LogP contribution in [0, 0.1) is 0 Å². The molecule has 0 radical (unpaired) electrons. The Morgan fingerprint density at radius 3 is 2.82 bits per heavy atom. The summed E-state index contributed by atoms with van der Waals surface area (Å²) < 4.78 is 39.4. The van der Waals surface area contributed by atoms with Gasteiger partial charge in [0.2, 0.25) is 0 Å². The van der Waals surface area contributed by atoms with Gasteiger partial charge in [0.15, 0.2) is 0 Å². The van der Waals surface area contributed by atoms with E-state index in [0.29, 0.717) is 26.2 Å². The van der Waals surface area contributed by atoms with Gasteiger partial charge in [-0.1, -0.05) is 0 Å². The van der Waals surface area contributed by atoms with E-state index in [2.05, 4.69) is 10.3 Å². The molecular weight excluding hydrogens is 297 g/mol. The fraction of sp³-hybridized carbons (Fsp3) is 0.571. The second-order valence-electron chi connectivity index (χ2n) is 5.54. The lowest BCUT2D eigenvalue weighted by Gasteiger charge is -2.38. The van der Waals surface area contributed by atoms with Crippen LogP contribution in [0.3, 0.4) is 0 Å². The van der Waals surface area contributed by atoms with Crippen LogP contribution in [0.1, 0.15) is 18.4 Å². The molecule has 0 aromatic carbocycles. The number of hydrogen-bond donors (Lipinski definition) is 1. The number of urea groups is 1. The molecule has 3 rings (SSSR count). The Morgan fingerprint density at radius 1 is 1.32 bits per heavy atom. The van der Waals surface area contributed by atoms with Crippen LogP contribution in [0.4, 0.5) is 23.8 Å². The zero-order chi connectivity index (χ0) is 15.7. The zero-order valence-electron chi connectivity index (χ0n) is 11.9. The molecule has 120 valence electrons. The van der Waals surface area contributed by atoms with Gasteiger partial charge in [0.1, 0.15) is 5.82 Å². The maximum Gasteiger partial charge on any atom is 0.419 e. The molecule has 0 aliphatic carbocycles. The summed E-state index contributed by atoms with van der Waals surface area (Å²) in [4.78, 5) is 19.0. The number of rotatable bonds is 2. The third-order valence-corrected chi connectivity index (χ3v) is 4.12. The molecule has 1 N–H and O–H groups in total. The van der Waals surface area contributed by atoms with Crippen LogP contribution < -0.4 is 10.2 Å². The van der Waals surface area contributed by atoms with E-state index >= 15 is 0 Å². The Balaban J connectivity index is 1.82. The number of amides is 2. The fourth-order valence-electron chi connectivity index (χ4n) is 3.11. The molecule has 0 bridgehead atoms.